The molecular weight excluding hydrogens is 226 g/mol. The molecule has 0 saturated heterocycles. The highest BCUT2D eigenvalue weighted by molar-refractivity contribution is 5.85. The van der Waals surface area contributed by atoms with Crippen LogP contribution in [0.4, 0.5) is 0 Å². The van der Waals surface area contributed by atoms with Gasteiger partial charge in [-0.1, -0.05) is 12.1 Å². The predicted molar refractivity (Wildman–Crippen MR) is 65.8 cm³/mol. The summed E-state index contributed by atoms with van der Waals surface area (Å²) in [5, 5.41) is 19.6. The SMILES string of the molecule is Cc1ccc([C@H](N)[C@H](O)C2CC2)c(O)c1.Cl. The third kappa shape index (κ3) is 2.67. The van der Waals surface area contributed by atoms with Gasteiger partial charge in [0.15, 0.2) is 0 Å². The highest BCUT2D eigenvalue weighted by atomic mass is 35.5. The highest BCUT2D eigenvalue weighted by Gasteiger charge is 2.34. The number of aliphatic hydroxyl groups is 1. The lowest BCUT2D eigenvalue weighted by molar-refractivity contribution is 0.121. The van der Waals surface area contributed by atoms with Gasteiger partial charge in [-0.25, -0.2) is 0 Å². The van der Waals surface area contributed by atoms with E-state index in [4.69, 9.17) is 5.73 Å². The summed E-state index contributed by atoms with van der Waals surface area (Å²) in [7, 11) is 0. The fourth-order valence-corrected chi connectivity index (χ4v) is 1.85. The Balaban J connectivity index is 0.00000128. The van der Waals surface area contributed by atoms with E-state index in [9.17, 15) is 10.2 Å². The van der Waals surface area contributed by atoms with E-state index in [1.807, 2.05) is 13.0 Å². The number of phenolic OH excluding ortho intramolecular Hbond substituents is 1. The van der Waals surface area contributed by atoms with Crippen LogP contribution in [0, 0.1) is 12.8 Å². The zero-order valence-electron chi connectivity index (χ0n) is 9.26. The van der Waals surface area contributed by atoms with Crippen LogP contribution in [0.3, 0.4) is 0 Å². The molecule has 0 amide bonds. The van der Waals surface area contributed by atoms with E-state index < -0.39 is 12.1 Å². The maximum absolute atomic E-state index is 9.87. The molecule has 1 aliphatic rings. The molecule has 1 aliphatic carbocycles. The molecule has 0 radical (unpaired) electrons. The van der Waals surface area contributed by atoms with Gasteiger partial charge >= 0.3 is 0 Å². The smallest absolute Gasteiger partial charge is 0.120 e. The van der Waals surface area contributed by atoms with Gasteiger partial charge in [0.25, 0.3) is 0 Å². The van der Waals surface area contributed by atoms with Gasteiger partial charge in [0, 0.05) is 5.56 Å². The van der Waals surface area contributed by atoms with Gasteiger partial charge in [0.2, 0.25) is 0 Å². The van der Waals surface area contributed by atoms with Crippen molar-refractivity contribution in [1.29, 1.82) is 0 Å². The summed E-state index contributed by atoms with van der Waals surface area (Å²) in [5.41, 5.74) is 7.55. The number of halogens is 1. The summed E-state index contributed by atoms with van der Waals surface area (Å²) < 4.78 is 0. The van der Waals surface area contributed by atoms with Crippen molar-refractivity contribution in [1.82, 2.24) is 0 Å². The average molecular weight is 244 g/mol. The van der Waals surface area contributed by atoms with Gasteiger partial charge < -0.3 is 15.9 Å². The van der Waals surface area contributed by atoms with Gasteiger partial charge in [-0.2, -0.15) is 0 Å². The maximum Gasteiger partial charge on any atom is 0.120 e. The number of nitrogens with two attached hydrogens (primary N) is 1. The lowest BCUT2D eigenvalue weighted by atomic mass is 9.97. The van der Waals surface area contributed by atoms with Crippen LogP contribution in [0.15, 0.2) is 18.2 Å². The van der Waals surface area contributed by atoms with Crippen LogP contribution in [0.2, 0.25) is 0 Å². The van der Waals surface area contributed by atoms with Crippen LogP contribution in [0.1, 0.15) is 30.0 Å². The molecule has 0 heterocycles. The van der Waals surface area contributed by atoms with E-state index in [1.54, 1.807) is 12.1 Å². The fraction of sp³-hybridized carbons (Fsp3) is 0.500. The third-order valence-corrected chi connectivity index (χ3v) is 3.02. The lowest BCUT2D eigenvalue weighted by Gasteiger charge is -2.19. The molecule has 4 heteroatoms. The second-order valence-corrected chi connectivity index (χ2v) is 4.42. The first kappa shape index (κ1) is 13.3. The number of aliphatic hydroxyl groups excluding tert-OH is 1. The molecule has 1 saturated carbocycles. The second kappa shape index (κ2) is 5.04. The molecule has 90 valence electrons. The van der Waals surface area contributed by atoms with E-state index in [-0.39, 0.29) is 18.2 Å². The minimum absolute atomic E-state index is 0. The molecule has 1 aromatic carbocycles. The molecule has 16 heavy (non-hydrogen) atoms. The first-order valence-corrected chi connectivity index (χ1v) is 5.33. The van der Waals surface area contributed by atoms with Crippen molar-refractivity contribution in [2.24, 2.45) is 11.7 Å². The molecule has 1 aromatic rings. The number of aromatic hydroxyl groups is 1. The van der Waals surface area contributed by atoms with Crippen LogP contribution >= 0.6 is 12.4 Å². The largest absolute Gasteiger partial charge is 0.508 e. The number of rotatable bonds is 3. The molecule has 0 aromatic heterocycles. The Morgan fingerprint density at radius 2 is 2.00 bits per heavy atom. The van der Waals surface area contributed by atoms with Gasteiger partial charge in [-0.15, -0.1) is 12.4 Å². The number of hydrogen-bond donors (Lipinski definition) is 3. The highest BCUT2D eigenvalue weighted by Crippen LogP contribution is 2.38. The Bertz CT molecular complexity index is 366. The standard InChI is InChI=1S/C12H17NO2.ClH/c1-7-2-5-9(10(14)6-7)11(13)12(15)8-3-4-8;/h2,5-6,8,11-12,14-15H,3-4,13H2,1H3;1H/t11-,12+;/m0./s1. The molecule has 2 rings (SSSR count). The Kier molecular flexibility index (Phi) is 4.19. The van der Waals surface area contributed by atoms with E-state index in [1.165, 1.54) is 0 Å². The van der Waals surface area contributed by atoms with Crippen LogP contribution in [-0.4, -0.2) is 16.3 Å². The summed E-state index contributed by atoms with van der Waals surface area (Å²) >= 11 is 0. The van der Waals surface area contributed by atoms with Crippen molar-refractivity contribution in [3.63, 3.8) is 0 Å². The molecule has 0 spiro atoms. The summed E-state index contributed by atoms with van der Waals surface area (Å²) in [4.78, 5) is 0. The summed E-state index contributed by atoms with van der Waals surface area (Å²) in [6.07, 6.45) is 1.56. The van der Waals surface area contributed by atoms with Crippen molar-refractivity contribution in [2.75, 3.05) is 0 Å². The van der Waals surface area contributed by atoms with E-state index >= 15 is 0 Å². The summed E-state index contributed by atoms with van der Waals surface area (Å²) in [5.74, 6) is 0.503. The average Bonchev–Trinajstić information content (AvgIpc) is 2.99. The first-order valence-electron chi connectivity index (χ1n) is 5.33. The molecule has 3 nitrogen and oxygen atoms in total. The molecule has 4 N–H and O–H groups in total. The topological polar surface area (TPSA) is 66.5 Å². The first-order chi connectivity index (χ1) is 7.09. The normalized spacial score (nSPS) is 18.7. The van der Waals surface area contributed by atoms with E-state index in [2.05, 4.69) is 0 Å². The number of benzene rings is 1. The minimum Gasteiger partial charge on any atom is -0.508 e. The lowest BCUT2D eigenvalue weighted by Crippen LogP contribution is -2.27. The van der Waals surface area contributed by atoms with Crippen LogP contribution in [0.25, 0.3) is 0 Å². The molecule has 2 atom stereocenters. The van der Waals surface area contributed by atoms with Crippen molar-refractivity contribution >= 4 is 12.4 Å². The molecule has 1 fully saturated rings. The third-order valence-electron chi connectivity index (χ3n) is 3.02. The van der Waals surface area contributed by atoms with Crippen LogP contribution in [0.5, 0.6) is 5.75 Å². The maximum atomic E-state index is 9.87. The van der Waals surface area contributed by atoms with Gasteiger partial charge in [-0.05, 0) is 37.3 Å². The molecule has 0 aliphatic heterocycles. The van der Waals surface area contributed by atoms with E-state index in [0.29, 0.717) is 11.5 Å². The number of hydrogen-bond acceptors (Lipinski definition) is 3. The quantitative estimate of drug-likeness (QED) is 0.760. The van der Waals surface area contributed by atoms with Crippen LogP contribution < -0.4 is 5.73 Å². The van der Waals surface area contributed by atoms with Crippen LogP contribution in [-0.2, 0) is 0 Å². The second-order valence-electron chi connectivity index (χ2n) is 4.42. The van der Waals surface area contributed by atoms with Crippen molar-refractivity contribution < 1.29 is 10.2 Å². The Morgan fingerprint density at radius 3 is 2.50 bits per heavy atom. The Morgan fingerprint density at radius 1 is 1.38 bits per heavy atom. The zero-order chi connectivity index (χ0) is 11.0. The van der Waals surface area contributed by atoms with Crippen molar-refractivity contribution in [3.05, 3.63) is 29.3 Å². The number of aryl methyl sites for hydroxylation is 1. The fourth-order valence-electron chi connectivity index (χ4n) is 1.85. The molecular formula is C12H18ClNO2. The van der Waals surface area contributed by atoms with Gasteiger partial charge in [-0.3, -0.25) is 0 Å². The van der Waals surface area contributed by atoms with Crippen molar-refractivity contribution in [2.45, 2.75) is 31.9 Å². The summed E-state index contributed by atoms with van der Waals surface area (Å²) in [6.45, 7) is 1.91. The van der Waals surface area contributed by atoms with E-state index in [0.717, 1.165) is 18.4 Å². The van der Waals surface area contributed by atoms with Gasteiger partial charge in [0.1, 0.15) is 5.75 Å². The Hall–Kier alpha value is -0.770. The summed E-state index contributed by atoms with van der Waals surface area (Å²) in [6, 6.07) is 4.89. The number of phenols is 1. The molecule has 0 unspecified atom stereocenters. The minimum atomic E-state index is -0.529. The predicted octanol–water partition coefficient (Wildman–Crippen LogP) is 1.89. The Labute approximate surface area is 102 Å². The molecule has 0 bridgehead atoms. The monoisotopic (exact) mass is 243 g/mol. The van der Waals surface area contributed by atoms with Gasteiger partial charge in [0.05, 0.1) is 12.1 Å². The van der Waals surface area contributed by atoms with Crippen molar-refractivity contribution in [3.8, 4) is 5.75 Å². The zero-order valence-corrected chi connectivity index (χ0v) is 10.1.